The zero-order chi connectivity index (χ0) is 14.4. The standard InChI is InChI=1S/C10H8O7S2.3Na/c11-8-5-7(18(12,13)14)4-6-2-1-3-9(10(6)8)19(15,16)17;;;/h1-5,11H,(H,12,13,14)(H,15,16,17);;;/q;3*+1/p-3. The van der Waals surface area contributed by atoms with Gasteiger partial charge in [-0.15, -0.1) is 0 Å². The predicted octanol–water partition coefficient (Wildman–Crippen LogP) is -9.27. The summed E-state index contributed by atoms with van der Waals surface area (Å²) in [6.07, 6.45) is 0. The summed E-state index contributed by atoms with van der Waals surface area (Å²) in [5.41, 5.74) is 0. The van der Waals surface area contributed by atoms with E-state index in [1.165, 1.54) is 12.1 Å². The number of fused-ring (bicyclic) bond motifs is 1. The van der Waals surface area contributed by atoms with Crippen LogP contribution in [0.3, 0.4) is 0 Å². The third-order valence-electron chi connectivity index (χ3n) is 2.43. The van der Waals surface area contributed by atoms with Crippen molar-refractivity contribution in [3.63, 3.8) is 0 Å². The van der Waals surface area contributed by atoms with Gasteiger partial charge in [0, 0.05) is 0 Å². The van der Waals surface area contributed by atoms with E-state index in [0.717, 1.165) is 12.1 Å². The van der Waals surface area contributed by atoms with Gasteiger partial charge in [0.05, 0.1) is 9.79 Å². The molecule has 0 aliphatic rings. The maximum Gasteiger partial charge on any atom is 1.00 e. The Kier molecular flexibility index (Phi) is 10.6. The van der Waals surface area contributed by atoms with Crippen LogP contribution in [-0.2, 0) is 20.2 Å². The monoisotopic (exact) mass is 370 g/mol. The predicted molar refractivity (Wildman–Crippen MR) is 59.3 cm³/mol. The Bertz CT molecular complexity index is 879. The van der Waals surface area contributed by atoms with Gasteiger partial charge in [0.2, 0.25) is 0 Å². The van der Waals surface area contributed by atoms with Crippen molar-refractivity contribution in [3.05, 3.63) is 30.3 Å². The third kappa shape index (κ3) is 5.69. The molecule has 0 radical (unpaired) electrons. The van der Waals surface area contributed by atoms with Gasteiger partial charge in [0.1, 0.15) is 20.2 Å². The normalized spacial score (nSPS) is 11.0. The average molecular weight is 370 g/mol. The van der Waals surface area contributed by atoms with Crippen LogP contribution in [0.15, 0.2) is 40.1 Å². The third-order valence-corrected chi connectivity index (χ3v) is 4.13. The second-order valence-electron chi connectivity index (χ2n) is 3.68. The van der Waals surface area contributed by atoms with Crippen molar-refractivity contribution in [1.29, 1.82) is 0 Å². The number of hydrogen-bond donors (Lipinski definition) is 0. The quantitative estimate of drug-likeness (QED) is 0.378. The molecule has 0 N–H and O–H groups in total. The van der Waals surface area contributed by atoms with Crippen LogP contribution in [0.5, 0.6) is 5.75 Å². The summed E-state index contributed by atoms with van der Waals surface area (Å²) in [5, 5.41) is 11.2. The van der Waals surface area contributed by atoms with Gasteiger partial charge in [-0.2, -0.15) is 0 Å². The summed E-state index contributed by atoms with van der Waals surface area (Å²) < 4.78 is 65.5. The maximum absolute atomic E-state index is 11.7. The molecule has 12 heteroatoms. The smallest absolute Gasteiger partial charge is 0.872 e. The van der Waals surface area contributed by atoms with Crippen molar-refractivity contribution in [3.8, 4) is 5.75 Å². The number of hydrogen-bond acceptors (Lipinski definition) is 7. The molecule has 0 saturated carbocycles. The first-order valence-corrected chi connectivity index (χ1v) is 7.58. The van der Waals surface area contributed by atoms with Gasteiger partial charge < -0.3 is 14.2 Å². The van der Waals surface area contributed by atoms with Crippen LogP contribution in [0.2, 0.25) is 0 Å². The summed E-state index contributed by atoms with van der Waals surface area (Å²) in [4.78, 5) is -1.52. The molecule has 0 aliphatic carbocycles. The van der Waals surface area contributed by atoms with Crippen LogP contribution < -0.4 is 93.8 Å². The summed E-state index contributed by atoms with van der Waals surface area (Å²) in [5.74, 6) is -1.01. The van der Waals surface area contributed by atoms with Gasteiger partial charge in [0.15, 0.2) is 0 Å². The molecule has 0 heterocycles. The van der Waals surface area contributed by atoms with Crippen LogP contribution in [0.4, 0.5) is 0 Å². The zero-order valence-corrected chi connectivity index (χ0v) is 19.7. The van der Waals surface area contributed by atoms with E-state index in [4.69, 9.17) is 0 Å². The van der Waals surface area contributed by atoms with E-state index in [1.54, 1.807) is 0 Å². The fraction of sp³-hybridized carbons (Fsp3) is 0. The van der Waals surface area contributed by atoms with Crippen molar-refractivity contribution < 1.29 is 120 Å². The summed E-state index contributed by atoms with van der Waals surface area (Å²) in [6.45, 7) is 0. The maximum atomic E-state index is 11.7. The van der Waals surface area contributed by atoms with Crippen molar-refractivity contribution in [2.24, 2.45) is 0 Å². The molecule has 0 aliphatic heterocycles. The minimum atomic E-state index is -4.88. The molecule has 0 amide bonds. The minimum absolute atomic E-state index is 0. The van der Waals surface area contributed by atoms with Gasteiger partial charge in [-0.25, -0.2) is 16.8 Å². The van der Waals surface area contributed by atoms with Crippen molar-refractivity contribution >= 4 is 31.0 Å². The summed E-state index contributed by atoms with van der Waals surface area (Å²) in [7, 11) is -9.72. The van der Waals surface area contributed by atoms with Crippen LogP contribution in [0.25, 0.3) is 10.8 Å². The fourth-order valence-electron chi connectivity index (χ4n) is 1.68. The van der Waals surface area contributed by atoms with E-state index >= 15 is 0 Å². The largest absolute Gasteiger partial charge is 1.00 e. The molecule has 102 valence electrons. The molecule has 0 spiro atoms. The first-order valence-electron chi connectivity index (χ1n) is 4.76. The van der Waals surface area contributed by atoms with E-state index in [1.807, 2.05) is 0 Å². The fourth-order valence-corrected chi connectivity index (χ4v) is 2.92. The topological polar surface area (TPSA) is 137 Å². The Labute approximate surface area is 193 Å². The molecule has 7 nitrogen and oxygen atoms in total. The minimum Gasteiger partial charge on any atom is -0.872 e. The van der Waals surface area contributed by atoms with Crippen molar-refractivity contribution in [1.82, 2.24) is 0 Å². The van der Waals surface area contributed by atoms with E-state index < -0.39 is 41.2 Å². The molecule has 0 aromatic heterocycles. The number of rotatable bonds is 2. The number of benzene rings is 2. The van der Waals surface area contributed by atoms with Crippen LogP contribution in [0.1, 0.15) is 0 Å². The van der Waals surface area contributed by atoms with Gasteiger partial charge in [0.25, 0.3) is 0 Å². The molecule has 0 atom stereocenters. The molecule has 0 saturated heterocycles. The summed E-state index contributed by atoms with van der Waals surface area (Å²) >= 11 is 0. The average Bonchev–Trinajstić information content (AvgIpc) is 2.25. The van der Waals surface area contributed by atoms with Crippen molar-refractivity contribution in [2.75, 3.05) is 0 Å². The van der Waals surface area contributed by atoms with Crippen molar-refractivity contribution in [2.45, 2.75) is 9.79 Å². The van der Waals surface area contributed by atoms with E-state index in [2.05, 4.69) is 0 Å². The first kappa shape index (κ1) is 25.6. The Morgan fingerprint density at radius 2 is 1.36 bits per heavy atom. The zero-order valence-electron chi connectivity index (χ0n) is 12.1. The summed E-state index contributed by atoms with van der Waals surface area (Å²) in [6, 6.07) is 4.71. The first-order chi connectivity index (χ1) is 8.60. The van der Waals surface area contributed by atoms with Gasteiger partial charge in [-0.1, -0.05) is 23.9 Å². The second kappa shape index (κ2) is 9.14. The van der Waals surface area contributed by atoms with Crippen LogP contribution in [0, 0.1) is 0 Å². The SMILES string of the molecule is O=S(=O)([O-])c1cc([O-])c2c(S(=O)(=O)[O-])cccc2c1.[Na+].[Na+].[Na+]. The Morgan fingerprint density at radius 1 is 0.818 bits per heavy atom. The Morgan fingerprint density at radius 3 is 1.82 bits per heavy atom. The molecule has 0 unspecified atom stereocenters. The molecular formula is C10H5Na3O7S2. The van der Waals surface area contributed by atoms with Crippen LogP contribution in [-0.4, -0.2) is 25.9 Å². The molecular weight excluding hydrogens is 365 g/mol. The van der Waals surface area contributed by atoms with Gasteiger partial charge in [-0.05, 0) is 22.9 Å². The van der Waals surface area contributed by atoms with E-state index in [9.17, 15) is 31.0 Å². The van der Waals surface area contributed by atoms with Crippen LogP contribution >= 0.6 is 0 Å². The van der Waals surface area contributed by atoms with E-state index in [-0.39, 0.29) is 94.1 Å². The molecule has 0 bridgehead atoms. The molecule has 2 aromatic rings. The second-order valence-corrected chi connectivity index (χ2v) is 6.41. The molecule has 22 heavy (non-hydrogen) atoms. The van der Waals surface area contributed by atoms with Gasteiger partial charge in [-0.3, -0.25) is 0 Å². The molecule has 2 aromatic carbocycles. The molecule has 2 rings (SSSR count). The van der Waals surface area contributed by atoms with Gasteiger partial charge >= 0.3 is 88.7 Å². The van der Waals surface area contributed by atoms with E-state index in [0.29, 0.717) is 6.07 Å². The Hall–Kier alpha value is 1.32. The Balaban J connectivity index is 0. The molecule has 0 fully saturated rings.